The number of hydrogen-bond donors (Lipinski definition) is 1. The predicted molar refractivity (Wildman–Crippen MR) is 87.5 cm³/mol. The van der Waals surface area contributed by atoms with Gasteiger partial charge in [-0.1, -0.05) is 51.7 Å². The van der Waals surface area contributed by atoms with Crippen molar-refractivity contribution in [3.63, 3.8) is 0 Å². The van der Waals surface area contributed by atoms with Gasteiger partial charge in [-0.25, -0.2) is 0 Å². The quantitative estimate of drug-likeness (QED) is 0.531. The van der Waals surface area contributed by atoms with Crippen molar-refractivity contribution >= 4 is 10.1 Å². The Balaban J connectivity index is 3.17. The van der Waals surface area contributed by atoms with E-state index in [1.807, 2.05) is 12.1 Å². The Morgan fingerprint density at radius 2 is 1.52 bits per heavy atom. The molecule has 0 atom stereocenters. The molecule has 0 spiro atoms. The molecule has 4 heteroatoms. The molecule has 1 rings (SSSR count). The average molecular weight is 312 g/mol. The van der Waals surface area contributed by atoms with E-state index in [-0.39, 0.29) is 4.90 Å². The molecule has 1 aromatic rings. The summed E-state index contributed by atoms with van der Waals surface area (Å²) in [5.74, 6) is 0. The van der Waals surface area contributed by atoms with E-state index in [9.17, 15) is 13.0 Å². The van der Waals surface area contributed by atoms with Crippen molar-refractivity contribution in [2.45, 2.75) is 77.0 Å². The monoisotopic (exact) mass is 312 g/mol. The summed E-state index contributed by atoms with van der Waals surface area (Å²) in [6.07, 6.45) is 8.09. The van der Waals surface area contributed by atoms with Crippen molar-refractivity contribution in [1.82, 2.24) is 0 Å². The second kappa shape index (κ2) is 8.54. The molecule has 0 radical (unpaired) electrons. The van der Waals surface area contributed by atoms with Gasteiger partial charge in [0.2, 0.25) is 0 Å². The molecule has 1 aromatic carbocycles. The largest absolute Gasteiger partial charge is 0.295 e. The summed E-state index contributed by atoms with van der Waals surface area (Å²) in [5, 5.41) is 0. The molecule has 1 N–H and O–H groups in total. The normalized spacial score (nSPS) is 11.8. The first-order valence-corrected chi connectivity index (χ1v) is 9.44. The van der Waals surface area contributed by atoms with E-state index < -0.39 is 10.1 Å². The van der Waals surface area contributed by atoms with Crippen LogP contribution in [0.5, 0.6) is 0 Å². The van der Waals surface area contributed by atoms with Crippen LogP contribution in [0.25, 0.3) is 0 Å². The highest BCUT2D eigenvalue weighted by atomic mass is 32.2. The number of unbranched alkanes of at least 4 members (excludes halogenated alkanes) is 4. The molecule has 0 aromatic heterocycles. The molecule has 0 saturated carbocycles. The lowest BCUT2D eigenvalue weighted by Gasteiger charge is -2.15. The lowest BCUT2D eigenvalue weighted by atomic mass is 9.95. The van der Waals surface area contributed by atoms with Crippen LogP contribution in [-0.4, -0.2) is 13.0 Å². The number of benzene rings is 1. The van der Waals surface area contributed by atoms with E-state index in [0.717, 1.165) is 62.5 Å². The highest BCUT2D eigenvalue weighted by molar-refractivity contribution is 7.86. The third-order valence-corrected chi connectivity index (χ3v) is 4.98. The van der Waals surface area contributed by atoms with Crippen molar-refractivity contribution in [2.75, 3.05) is 0 Å². The van der Waals surface area contributed by atoms with Crippen LogP contribution >= 0.6 is 0 Å². The highest BCUT2D eigenvalue weighted by Gasteiger charge is 2.20. The SMILES string of the molecule is CCCCCc1ccc(C)c(S(=O)(=O)O)c1CCCCC. The fourth-order valence-electron chi connectivity index (χ4n) is 2.77. The molecular weight excluding hydrogens is 284 g/mol. The van der Waals surface area contributed by atoms with Gasteiger partial charge < -0.3 is 0 Å². The minimum atomic E-state index is -4.15. The van der Waals surface area contributed by atoms with Gasteiger partial charge in [0.05, 0.1) is 0 Å². The Bertz CT molecular complexity index is 547. The first-order chi connectivity index (χ1) is 9.91. The lowest BCUT2D eigenvalue weighted by molar-refractivity contribution is 0.480. The van der Waals surface area contributed by atoms with Crippen molar-refractivity contribution in [2.24, 2.45) is 0 Å². The van der Waals surface area contributed by atoms with Crippen LogP contribution in [0, 0.1) is 6.92 Å². The van der Waals surface area contributed by atoms with Gasteiger partial charge in [0.1, 0.15) is 4.90 Å². The van der Waals surface area contributed by atoms with Crippen molar-refractivity contribution < 1.29 is 13.0 Å². The summed E-state index contributed by atoms with van der Waals surface area (Å²) in [7, 11) is -4.15. The smallest absolute Gasteiger partial charge is 0.282 e. The number of hydrogen-bond acceptors (Lipinski definition) is 2. The van der Waals surface area contributed by atoms with Gasteiger partial charge in [0.15, 0.2) is 0 Å². The third-order valence-electron chi connectivity index (χ3n) is 3.89. The molecule has 0 aliphatic heterocycles. The molecule has 0 unspecified atom stereocenters. The molecule has 0 heterocycles. The summed E-state index contributed by atoms with van der Waals surface area (Å²) < 4.78 is 33.1. The molecule has 0 fully saturated rings. The zero-order valence-electron chi connectivity index (χ0n) is 13.5. The summed E-state index contributed by atoms with van der Waals surface area (Å²) in [6, 6.07) is 3.84. The van der Waals surface area contributed by atoms with Crippen LogP contribution in [-0.2, 0) is 23.0 Å². The summed E-state index contributed by atoms with van der Waals surface area (Å²) >= 11 is 0. The molecule has 0 saturated heterocycles. The molecule has 21 heavy (non-hydrogen) atoms. The maximum absolute atomic E-state index is 11.7. The first kappa shape index (κ1) is 18.2. The zero-order chi connectivity index (χ0) is 15.9. The van der Waals surface area contributed by atoms with Crippen molar-refractivity contribution in [3.05, 3.63) is 28.8 Å². The maximum Gasteiger partial charge on any atom is 0.295 e. The van der Waals surface area contributed by atoms with Crippen LogP contribution < -0.4 is 0 Å². The molecule has 0 aliphatic carbocycles. The fourth-order valence-corrected chi connectivity index (χ4v) is 3.79. The Labute approximate surface area is 129 Å². The van der Waals surface area contributed by atoms with Gasteiger partial charge in [-0.05, 0) is 49.3 Å². The van der Waals surface area contributed by atoms with Crippen LogP contribution in [0.1, 0.15) is 69.1 Å². The van der Waals surface area contributed by atoms with E-state index in [4.69, 9.17) is 0 Å². The van der Waals surface area contributed by atoms with Gasteiger partial charge in [-0.3, -0.25) is 4.55 Å². The second-order valence-electron chi connectivity index (χ2n) is 5.74. The summed E-state index contributed by atoms with van der Waals surface area (Å²) in [6.45, 7) is 6.03. The van der Waals surface area contributed by atoms with Gasteiger partial charge in [0.25, 0.3) is 10.1 Å². The topological polar surface area (TPSA) is 54.4 Å². The fraction of sp³-hybridized carbons (Fsp3) is 0.647. The van der Waals surface area contributed by atoms with E-state index in [1.54, 1.807) is 6.92 Å². The Morgan fingerprint density at radius 1 is 0.952 bits per heavy atom. The minimum Gasteiger partial charge on any atom is -0.282 e. The second-order valence-corrected chi connectivity index (χ2v) is 7.10. The standard InChI is InChI=1S/C17H28O3S/c1-4-6-8-10-15-13-12-14(3)17(21(18,19)20)16(15)11-9-7-5-2/h12-13H,4-11H2,1-3H3,(H,18,19,20). The Hall–Kier alpha value is -0.870. The van der Waals surface area contributed by atoms with E-state index in [1.165, 1.54) is 0 Å². The van der Waals surface area contributed by atoms with Crippen LogP contribution in [0.2, 0.25) is 0 Å². The van der Waals surface area contributed by atoms with Crippen LogP contribution in [0.4, 0.5) is 0 Å². The first-order valence-electron chi connectivity index (χ1n) is 8.00. The van der Waals surface area contributed by atoms with Gasteiger partial charge in [-0.2, -0.15) is 8.42 Å². The number of rotatable bonds is 9. The molecule has 0 aliphatic rings. The highest BCUT2D eigenvalue weighted by Crippen LogP contribution is 2.27. The Morgan fingerprint density at radius 3 is 2.05 bits per heavy atom. The average Bonchev–Trinajstić information content (AvgIpc) is 2.40. The van der Waals surface area contributed by atoms with Gasteiger partial charge >= 0.3 is 0 Å². The van der Waals surface area contributed by atoms with Gasteiger partial charge in [-0.15, -0.1) is 0 Å². The Kier molecular flexibility index (Phi) is 7.40. The van der Waals surface area contributed by atoms with E-state index in [0.29, 0.717) is 5.56 Å². The van der Waals surface area contributed by atoms with Crippen molar-refractivity contribution in [1.29, 1.82) is 0 Å². The van der Waals surface area contributed by atoms with Crippen LogP contribution in [0.3, 0.4) is 0 Å². The molecule has 0 amide bonds. The molecule has 0 bridgehead atoms. The van der Waals surface area contributed by atoms with Gasteiger partial charge in [0, 0.05) is 0 Å². The molecule has 3 nitrogen and oxygen atoms in total. The summed E-state index contributed by atoms with van der Waals surface area (Å²) in [4.78, 5) is 0.146. The predicted octanol–water partition coefficient (Wildman–Crippen LogP) is 4.71. The minimum absolute atomic E-state index is 0.146. The van der Waals surface area contributed by atoms with E-state index in [2.05, 4.69) is 13.8 Å². The molecule has 120 valence electrons. The molecular formula is C17H28O3S. The third kappa shape index (κ3) is 5.44. The lowest BCUT2D eigenvalue weighted by Crippen LogP contribution is -2.09. The maximum atomic E-state index is 11.7. The van der Waals surface area contributed by atoms with Crippen LogP contribution in [0.15, 0.2) is 17.0 Å². The van der Waals surface area contributed by atoms with E-state index >= 15 is 0 Å². The summed E-state index contributed by atoms with van der Waals surface area (Å²) in [5.41, 5.74) is 2.56. The number of aryl methyl sites for hydroxylation is 2. The zero-order valence-corrected chi connectivity index (χ0v) is 14.3. The van der Waals surface area contributed by atoms with Crippen molar-refractivity contribution in [3.8, 4) is 0 Å².